The molecule has 0 aromatic heterocycles. The molecule has 1 N–H and O–H groups in total. The van der Waals surface area contributed by atoms with Gasteiger partial charge in [-0.15, -0.1) is 0 Å². The minimum Gasteiger partial charge on any atom is -0.481 e. The molecule has 0 aromatic rings. The van der Waals surface area contributed by atoms with Gasteiger partial charge in [0.05, 0.1) is 5.92 Å². The fraction of sp³-hybridized carbons (Fsp3) is 0.933. The zero-order chi connectivity index (χ0) is 12.3. The largest absolute Gasteiger partial charge is 0.481 e. The zero-order valence-corrected chi connectivity index (χ0v) is 11.0. The van der Waals surface area contributed by atoms with Gasteiger partial charge in [-0.05, 0) is 37.0 Å². The Morgan fingerprint density at radius 2 is 1.82 bits per heavy atom. The standard InChI is InChI=1S/C15H26O2/c1-2-11-8-9-13(15(16)17)14(10-11)12-6-4-3-5-7-12/h11-14H,2-10H2,1H3,(H,16,17). The van der Waals surface area contributed by atoms with Crippen molar-refractivity contribution in [2.75, 3.05) is 0 Å². The van der Waals surface area contributed by atoms with Crippen LogP contribution >= 0.6 is 0 Å². The van der Waals surface area contributed by atoms with E-state index in [2.05, 4.69) is 6.92 Å². The van der Waals surface area contributed by atoms with Crippen LogP contribution in [0.15, 0.2) is 0 Å². The predicted octanol–water partition coefficient (Wildman–Crippen LogP) is 4.09. The molecule has 0 aliphatic heterocycles. The Kier molecular flexibility index (Phi) is 4.47. The average Bonchev–Trinajstić information content (AvgIpc) is 2.39. The molecular weight excluding hydrogens is 212 g/mol. The first-order valence-corrected chi connectivity index (χ1v) is 7.45. The second-order valence-electron chi connectivity index (χ2n) is 6.09. The Morgan fingerprint density at radius 3 is 2.41 bits per heavy atom. The van der Waals surface area contributed by atoms with Crippen LogP contribution in [0.1, 0.15) is 64.7 Å². The van der Waals surface area contributed by atoms with Gasteiger partial charge in [0, 0.05) is 0 Å². The first-order chi connectivity index (χ1) is 8.22. The first-order valence-electron chi connectivity index (χ1n) is 7.45. The van der Waals surface area contributed by atoms with Gasteiger partial charge in [-0.25, -0.2) is 0 Å². The topological polar surface area (TPSA) is 37.3 Å². The molecule has 2 heteroatoms. The van der Waals surface area contributed by atoms with E-state index in [1.54, 1.807) is 0 Å². The van der Waals surface area contributed by atoms with Crippen molar-refractivity contribution in [1.29, 1.82) is 0 Å². The number of carboxylic acids is 1. The molecule has 2 nitrogen and oxygen atoms in total. The number of carboxylic acid groups (broad SMARTS) is 1. The van der Waals surface area contributed by atoms with Crippen molar-refractivity contribution in [3.05, 3.63) is 0 Å². The second kappa shape index (κ2) is 5.88. The van der Waals surface area contributed by atoms with E-state index in [9.17, 15) is 9.90 Å². The molecule has 0 radical (unpaired) electrons. The van der Waals surface area contributed by atoms with Crippen molar-refractivity contribution in [1.82, 2.24) is 0 Å². The van der Waals surface area contributed by atoms with Crippen LogP contribution in [-0.2, 0) is 4.79 Å². The van der Waals surface area contributed by atoms with Gasteiger partial charge >= 0.3 is 5.97 Å². The molecule has 0 spiro atoms. The second-order valence-corrected chi connectivity index (χ2v) is 6.09. The summed E-state index contributed by atoms with van der Waals surface area (Å²) in [4.78, 5) is 11.4. The van der Waals surface area contributed by atoms with E-state index >= 15 is 0 Å². The maximum Gasteiger partial charge on any atom is 0.306 e. The molecule has 0 saturated heterocycles. The van der Waals surface area contributed by atoms with E-state index in [1.165, 1.54) is 44.9 Å². The number of hydrogen-bond acceptors (Lipinski definition) is 1. The summed E-state index contributed by atoms with van der Waals surface area (Å²) < 4.78 is 0. The van der Waals surface area contributed by atoms with Gasteiger partial charge in [0.25, 0.3) is 0 Å². The van der Waals surface area contributed by atoms with Crippen molar-refractivity contribution >= 4 is 5.97 Å². The van der Waals surface area contributed by atoms with Crippen molar-refractivity contribution < 1.29 is 9.90 Å². The van der Waals surface area contributed by atoms with Crippen LogP contribution in [0.2, 0.25) is 0 Å². The Balaban J connectivity index is 2.03. The highest BCUT2D eigenvalue weighted by atomic mass is 16.4. The lowest BCUT2D eigenvalue weighted by Crippen LogP contribution is -2.36. The van der Waals surface area contributed by atoms with E-state index in [0.29, 0.717) is 11.8 Å². The van der Waals surface area contributed by atoms with E-state index in [1.807, 2.05) is 0 Å². The summed E-state index contributed by atoms with van der Waals surface area (Å²) >= 11 is 0. The minimum absolute atomic E-state index is 0.0408. The highest BCUT2D eigenvalue weighted by molar-refractivity contribution is 5.70. The van der Waals surface area contributed by atoms with E-state index in [4.69, 9.17) is 0 Å². The molecule has 98 valence electrons. The minimum atomic E-state index is -0.532. The molecule has 3 unspecified atom stereocenters. The Bertz CT molecular complexity index is 256. The van der Waals surface area contributed by atoms with Crippen molar-refractivity contribution in [3.63, 3.8) is 0 Å². The van der Waals surface area contributed by atoms with E-state index in [0.717, 1.165) is 18.8 Å². The predicted molar refractivity (Wildman–Crippen MR) is 68.8 cm³/mol. The van der Waals surface area contributed by atoms with Gasteiger partial charge < -0.3 is 5.11 Å². The average molecular weight is 238 g/mol. The number of hydrogen-bond donors (Lipinski definition) is 1. The number of aliphatic carboxylic acids is 1. The van der Waals surface area contributed by atoms with Gasteiger partial charge in [-0.1, -0.05) is 45.4 Å². The smallest absolute Gasteiger partial charge is 0.306 e. The van der Waals surface area contributed by atoms with Gasteiger partial charge in [0.2, 0.25) is 0 Å². The van der Waals surface area contributed by atoms with Crippen LogP contribution in [0, 0.1) is 23.7 Å². The normalized spacial score (nSPS) is 35.7. The van der Waals surface area contributed by atoms with E-state index in [-0.39, 0.29) is 5.92 Å². The molecule has 3 atom stereocenters. The highest BCUT2D eigenvalue weighted by Gasteiger charge is 2.38. The lowest BCUT2D eigenvalue weighted by molar-refractivity contribution is -0.146. The lowest BCUT2D eigenvalue weighted by Gasteiger charge is -2.40. The third kappa shape index (κ3) is 3.02. The summed E-state index contributed by atoms with van der Waals surface area (Å²) in [5.41, 5.74) is 0. The molecule has 2 aliphatic rings. The Labute approximate surface area is 105 Å². The van der Waals surface area contributed by atoms with Crippen LogP contribution < -0.4 is 0 Å². The SMILES string of the molecule is CCC1CCC(C(=O)O)C(C2CCCCC2)C1. The fourth-order valence-corrected chi connectivity index (χ4v) is 4.06. The molecule has 0 amide bonds. The maximum atomic E-state index is 11.4. The summed E-state index contributed by atoms with van der Waals surface area (Å²) in [5, 5.41) is 9.40. The van der Waals surface area contributed by atoms with Crippen LogP contribution in [-0.4, -0.2) is 11.1 Å². The van der Waals surface area contributed by atoms with Gasteiger partial charge in [0.1, 0.15) is 0 Å². The molecule has 2 rings (SSSR count). The summed E-state index contributed by atoms with van der Waals surface area (Å²) in [7, 11) is 0. The van der Waals surface area contributed by atoms with Crippen molar-refractivity contribution in [3.8, 4) is 0 Å². The van der Waals surface area contributed by atoms with Crippen molar-refractivity contribution in [2.24, 2.45) is 23.7 Å². The third-order valence-electron chi connectivity index (χ3n) is 5.16. The fourth-order valence-electron chi connectivity index (χ4n) is 4.06. The summed E-state index contributed by atoms with van der Waals surface area (Å²) in [5.74, 6) is 1.40. The Morgan fingerprint density at radius 1 is 1.12 bits per heavy atom. The van der Waals surface area contributed by atoms with Gasteiger partial charge in [0.15, 0.2) is 0 Å². The van der Waals surface area contributed by atoms with Crippen LogP contribution in [0.3, 0.4) is 0 Å². The zero-order valence-electron chi connectivity index (χ0n) is 11.0. The van der Waals surface area contributed by atoms with Gasteiger partial charge in [-0.2, -0.15) is 0 Å². The number of rotatable bonds is 3. The first kappa shape index (κ1) is 12.9. The molecule has 0 bridgehead atoms. The summed E-state index contributed by atoms with van der Waals surface area (Å²) in [6, 6.07) is 0. The van der Waals surface area contributed by atoms with Crippen LogP contribution in [0.4, 0.5) is 0 Å². The number of carbonyl (C=O) groups is 1. The molecule has 2 aliphatic carbocycles. The molecule has 0 aromatic carbocycles. The van der Waals surface area contributed by atoms with Crippen molar-refractivity contribution in [2.45, 2.75) is 64.7 Å². The lowest BCUT2D eigenvalue weighted by atomic mass is 9.65. The third-order valence-corrected chi connectivity index (χ3v) is 5.16. The molecular formula is C15H26O2. The van der Waals surface area contributed by atoms with Gasteiger partial charge in [-0.3, -0.25) is 4.79 Å². The quantitative estimate of drug-likeness (QED) is 0.804. The summed E-state index contributed by atoms with van der Waals surface area (Å²) in [6.45, 7) is 2.25. The monoisotopic (exact) mass is 238 g/mol. The maximum absolute atomic E-state index is 11.4. The highest BCUT2D eigenvalue weighted by Crippen LogP contribution is 2.44. The molecule has 0 heterocycles. The summed E-state index contributed by atoms with van der Waals surface area (Å²) in [6.07, 6.45) is 11.0. The molecule has 2 fully saturated rings. The molecule has 2 saturated carbocycles. The van der Waals surface area contributed by atoms with Crippen LogP contribution in [0.25, 0.3) is 0 Å². The Hall–Kier alpha value is -0.530. The van der Waals surface area contributed by atoms with Crippen LogP contribution in [0.5, 0.6) is 0 Å². The molecule has 17 heavy (non-hydrogen) atoms. The van der Waals surface area contributed by atoms with E-state index < -0.39 is 5.97 Å².